The lowest BCUT2D eigenvalue weighted by Crippen LogP contribution is -2.53. The maximum absolute atomic E-state index is 13.9. The van der Waals surface area contributed by atoms with E-state index in [1.807, 2.05) is 12.1 Å². The predicted octanol–water partition coefficient (Wildman–Crippen LogP) is 3.49. The third-order valence-corrected chi connectivity index (χ3v) is 9.14. The fourth-order valence-electron chi connectivity index (χ4n) is 5.03. The minimum Gasteiger partial charge on any atom is -0.497 e. The van der Waals surface area contributed by atoms with Crippen LogP contribution in [0.15, 0.2) is 42.5 Å². The molecule has 1 aliphatic carbocycles. The van der Waals surface area contributed by atoms with Crippen molar-refractivity contribution in [3.63, 3.8) is 0 Å². The largest absolute Gasteiger partial charge is 0.497 e. The molecule has 2 aromatic rings. The third kappa shape index (κ3) is 7.18. The second-order valence-corrected chi connectivity index (χ2v) is 12.3. The summed E-state index contributed by atoms with van der Waals surface area (Å²) < 4.78 is 44.1. The van der Waals surface area contributed by atoms with Gasteiger partial charge in [-0.2, -0.15) is 0 Å². The molecule has 0 unspecified atom stereocenters. The fraction of sp³-hybridized carbons (Fsp3) is 0.517. The highest BCUT2D eigenvalue weighted by Gasteiger charge is 2.32. The fourth-order valence-corrected chi connectivity index (χ4v) is 6.08. The Hall–Kier alpha value is -3.47. The highest BCUT2D eigenvalue weighted by molar-refractivity contribution is 7.92. The first-order valence-electron chi connectivity index (χ1n) is 13.8. The van der Waals surface area contributed by atoms with Crippen LogP contribution in [-0.4, -0.2) is 69.8 Å². The number of fused-ring (bicyclic) bond motifs is 1. The number of nitrogens with one attached hydrogen (secondary N) is 1. The first-order valence-corrected chi connectivity index (χ1v) is 15.5. The SMILES string of the molecule is CCS(=O)(=O)N(CC(=O)N(Cc1cccc(OC)c1)[C@@H](C)C(=O)NC1CCCCC1)c1ccc2c(c1)OCCO2. The van der Waals surface area contributed by atoms with Crippen molar-refractivity contribution < 1.29 is 32.2 Å². The van der Waals surface area contributed by atoms with Gasteiger partial charge >= 0.3 is 0 Å². The molecule has 1 heterocycles. The lowest BCUT2D eigenvalue weighted by Gasteiger charge is -2.33. The smallest absolute Gasteiger partial charge is 0.244 e. The molecule has 0 radical (unpaired) electrons. The van der Waals surface area contributed by atoms with Gasteiger partial charge in [-0.05, 0) is 56.5 Å². The minimum atomic E-state index is -3.85. The molecule has 2 aromatic carbocycles. The zero-order valence-electron chi connectivity index (χ0n) is 23.4. The maximum atomic E-state index is 13.9. The average molecular weight is 574 g/mol. The van der Waals surface area contributed by atoms with E-state index in [1.165, 1.54) is 11.8 Å². The zero-order valence-corrected chi connectivity index (χ0v) is 24.2. The molecular weight excluding hydrogens is 534 g/mol. The molecule has 40 heavy (non-hydrogen) atoms. The van der Waals surface area contributed by atoms with E-state index < -0.39 is 28.5 Å². The van der Waals surface area contributed by atoms with Crippen molar-refractivity contribution in [2.45, 2.75) is 64.6 Å². The van der Waals surface area contributed by atoms with E-state index >= 15 is 0 Å². The number of nitrogens with zero attached hydrogens (tertiary/aromatic N) is 2. The molecule has 0 saturated heterocycles. The summed E-state index contributed by atoms with van der Waals surface area (Å²) in [7, 11) is -2.29. The average Bonchev–Trinajstić information content (AvgIpc) is 2.98. The van der Waals surface area contributed by atoms with E-state index in [4.69, 9.17) is 14.2 Å². The van der Waals surface area contributed by atoms with Gasteiger partial charge in [0.1, 0.15) is 31.5 Å². The van der Waals surface area contributed by atoms with Crippen LogP contribution in [0.3, 0.4) is 0 Å². The van der Waals surface area contributed by atoms with E-state index in [0.29, 0.717) is 36.1 Å². The predicted molar refractivity (Wildman–Crippen MR) is 152 cm³/mol. The number of sulfonamides is 1. The topological polar surface area (TPSA) is 114 Å². The standard InChI is InChI=1S/C29H39N3O7S/c1-4-40(35,36)32(24-13-14-26-27(18-24)39-16-15-38-26)20-28(33)31(19-22-9-8-12-25(17-22)37-3)21(2)29(34)30-23-10-6-5-7-11-23/h8-9,12-14,17-18,21,23H,4-7,10-11,15-16,19-20H2,1-3H3,(H,30,34)/t21-/m0/s1. The van der Waals surface area contributed by atoms with Gasteiger partial charge in [-0.3, -0.25) is 13.9 Å². The number of methoxy groups -OCH3 is 1. The van der Waals surface area contributed by atoms with Crippen molar-refractivity contribution in [3.05, 3.63) is 48.0 Å². The van der Waals surface area contributed by atoms with Gasteiger partial charge in [-0.15, -0.1) is 0 Å². The van der Waals surface area contributed by atoms with Crippen molar-refractivity contribution in [3.8, 4) is 17.2 Å². The molecule has 2 amide bonds. The molecule has 1 atom stereocenters. The number of carbonyl (C=O) groups excluding carboxylic acids is 2. The molecule has 1 saturated carbocycles. The zero-order chi connectivity index (χ0) is 28.7. The van der Waals surface area contributed by atoms with Gasteiger partial charge in [-0.1, -0.05) is 31.4 Å². The van der Waals surface area contributed by atoms with Crippen molar-refractivity contribution in [1.29, 1.82) is 0 Å². The van der Waals surface area contributed by atoms with Crippen molar-refractivity contribution in [2.75, 3.05) is 36.9 Å². The summed E-state index contributed by atoms with van der Waals surface area (Å²) in [4.78, 5) is 28.7. The molecular formula is C29H39N3O7S. The Labute approximate surface area is 236 Å². The Bertz CT molecular complexity index is 1290. The Kier molecular flexibility index (Phi) is 9.78. The first kappa shape index (κ1) is 29.5. The van der Waals surface area contributed by atoms with Crippen LogP contribution >= 0.6 is 0 Å². The molecule has 0 bridgehead atoms. The van der Waals surface area contributed by atoms with Crippen LogP contribution < -0.4 is 23.8 Å². The van der Waals surface area contributed by atoms with Gasteiger partial charge in [0.15, 0.2) is 11.5 Å². The number of ether oxygens (including phenoxy) is 3. The van der Waals surface area contributed by atoms with E-state index in [0.717, 1.165) is 42.0 Å². The van der Waals surface area contributed by atoms with Crippen LogP contribution in [0.1, 0.15) is 51.5 Å². The van der Waals surface area contributed by atoms with Crippen LogP contribution in [0.2, 0.25) is 0 Å². The van der Waals surface area contributed by atoms with E-state index in [9.17, 15) is 18.0 Å². The molecule has 0 aromatic heterocycles. The normalized spacial score (nSPS) is 16.1. The van der Waals surface area contributed by atoms with Crippen LogP contribution in [0.5, 0.6) is 17.2 Å². The second kappa shape index (κ2) is 13.3. The summed E-state index contributed by atoms with van der Waals surface area (Å²) in [6.45, 7) is 3.59. The molecule has 1 aliphatic heterocycles. The third-order valence-electron chi connectivity index (χ3n) is 7.40. The summed E-state index contributed by atoms with van der Waals surface area (Å²) in [6, 6.07) is 11.3. The van der Waals surface area contributed by atoms with Gasteiger partial charge in [0.05, 0.1) is 18.6 Å². The van der Waals surface area contributed by atoms with Gasteiger partial charge in [0, 0.05) is 18.7 Å². The Morgan fingerprint density at radius 2 is 1.77 bits per heavy atom. The van der Waals surface area contributed by atoms with Crippen LogP contribution in [-0.2, 0) is 26.2 Å². The molecule has 10 nitrogen and oxygen atoms in total. The number of anilines is 1. The molecule has 218 valence electrons. The van der Waals surface area contributed by atoms with Gasteiger partial charge in [-0.25, -0.2) is 8.42 Å². The number of benzene rings is 2. The highest BCUT2D eigenvalue weighted by atomic mass is 32.2. The summed E-state index contributed by atoms with van der Waals surface area (Å²) in [5.74, 6) is 0.593. The van der Waals surface area contributed by atoms with Crippen molar-refractivity contribution in [2.24, 2.45) is 0 Å². The first-order chi connectivity index (χ1) is 19.2. The minimum absolute atomic E-state index is 0.0761. The monoisotopic (exact) mass is 573 g/mol. The lowest BCUT2D eigenvalue weighted by molar-refractivity contribution is -0.139. The quantitative estimate of drug-likeness (QED) is 0.438. The molecule has 0 spiro atoms. The van der Waals surface area contributed by atoms with Crippen molar-refractivity contribution >= 4 is 27.5 Å². The Morgan fingerprint density at radius 3 is 2.48 bits per heavy atom. The number of rotatable bonds is 11. The Balaban J connectivity index is 1.62. The number of amides is 2. The number of hydrogen-bond acceptors (Lipinski definition) is 7. The van der Waals surface area contributed by atoms with Gasteiger partial charge in [0.25, 0.3) is 0 Å². The summed E-state index contributed by atoms with van der Waals surface area (Å²) in [6.07, 6.45) is 5.10. The van der Waals surface area contributed by atoms with Crippen LogP contribution in [0, 0.1) is 0 Å². The Morgan fingerprint density at radius 1 is 1.05 bits per heavy atom. The lowest BCUT2D eigenvalue weighted by atomic mass is 9.95. The molecule has 4 rings (SSSR count). The van der Waals surface area contributed by atoms with E-state index in [-0.39, 0.29) is 24.2 Å². The number of hydrogen-bond donors (Lipinski definition) is 1. The van der Waals surface area contributed by atoms with Gasteiger partial charge < -0.3 is 24.4 Å². The maximum Gasteiger partial charge on any atom is 0.244 e. The van der Waals surface area contributed by atoms with Crippen molar-refractivity contribution in [1.82, 2.24) is 10.2 Å². The van der Waals surface area contributed by atoms with Crippen LogP contribution in [0.25, 0.3) is 0 Å². The molecule has 11 heteroatoms. The summed E-state index contributed by atoms with van der Waals surface area (Å²) in [5.41, 5.74) is 1.05. The van der Waals surface area contributed by atoms with Gasteiger partial charge in [0.2, 0.25) is 21.8 Å². The second-order valence-electron chi connectivity index (χ2n) is 10.1. The summed E-state index contributed by atoms with van der Waals surface area (Å²) in [5, 5.41) is 3.10. The number of carbonyl (C=O) groups is 2. The van der Waals surface area contributed by atoms with E-state index in [1.54, 1.807) is 44.4 Å². The highest BCUT2D eigenvalue weighted by Crippen LogP contribution is 2.35. The summed E-state index contributed by atoms with van der Waals surface area (Å²) >= 11 is 0. The molecule has 2 aliphatic rings. The molecule has 1 N–H and O–H groups in total. The van der Waals surface area contributed by atoms with E-state index in [2.05, 4.69) is 5.32 Å². The molecule has 1 fully saturated rings. The van der Waals surface area contributed by atoms with Crippen LogP contribution in [0.4, 0.5) is 5.69 Å².